The first-order valence-corrected chi connectivity index (χ1v) is 8.04. The molecular formula is C16H14BrN5O3. The zero-order chi connectivity index (χ0) is 17.8. The molecule has 0 fully saturated rings. The smallest absolute Gasteiger partial charge is 0.261 e. The van der Waals surface area contributed by atoms with Crippen molar-refractivity contribution in [3.8, 4) is 11.5 Å². The van der Waals surface area contributed by atoms with Crippen LogP contribution in [-0.2, 0) is 11.3 Å². The third-order valence-electron chi connectivity index (χ3n) is 3.39. The van der Waals surface area contributed by atoms with Gasteiger partial charge in [-0.2, -0.15) is 5.10 Å². The van der Waals surface area contributed by atoms with Crippen molar-refractivity contribution in [1.29, 1.82) is 0 Å². The lowest BCUT2D eigenvalue weighted by Gasteiger charge is -2.06. The number of fused-ring (bicyclic) bond motifs is 1. The molecule has 3 rings (SSSR count). The number of phenolic OH excluding ortho intramolecular Hbond substituents is 1. The molecule has 0 bridgehead atoms. The molecule has 1 heterocycles. The van der Waals surface area contributed by atoms with Gasteiger partial charge in [-0.1, -0.05) is 17.3 Å². The minimum atomic E-state index is -0.336. The van der Waals surface area contributed by atoms with Crippen molar-refractivity contribution in [2.45, 2.75) is 6.54 Å². The lowest BCUT2D eigenvalue weighted by Crippen LogP contribution is -2.23. The Labute approximate surface area is 151 Å². The maximum atomic E-state index is 12.0. The van der Waals surface area contributed by atoms with Crippen LogP contribution in [0.15, 0.2) is 46.0 Å². The molecule has 0 saturated carbocycles. The summed E-state index contributed by atoms with van der Waals surface area (Å²) in [5, 5.41) is 21.6. The van der Waals surface area contributed by atoms with Crippen LogP contribution >= 0.6 is 15.9 Å². The first kappa shape index (κ1) is 16.9. The second-order valence-electron chi connectivity index (χ2n) is 5.08. The van der Waals surface area contributed by atoms with Crippen LogP contribution in [-0.4, -0.2) is 39.3 Å². The quantitative estimate of drug-likeness (QED) is 0.501. The first-order valence-electron chi connectivity index (χ1n) is 7.25. The summed E-state index contributed by atoms with van der Waals surface area (Å²) in [4.78, 5) is 12.0. The predicted molar refractivity (Wildman–Crippen MR) is 95.6 cm³/mol. The molecule has 25 heavy (non-hydrogen) atoms. The van der Waals surface area contributed by atoms with Crippen molar-refractivity contribution in [2.24, 2.45) is 5.10 Å². The molecule has 3 aromatic rings. The van der Waals surface area contributed by atoms with E-state index in [0.29, 0.717) is 15.8 Å². The standard InChI is InChI=1S/C16H14BrN5O3/c1-25-14-7-10(6-11(17)16(14)24)8-18-20-15(23)9-22-13-5-3-2-4-12(13)19-21-22/h2-8,24H,9H2,1H3,(H,20,23). The van der Waals surface area contributed by atoms with Crippen molar-refractivity contribution in [3.05, 3.63) is 46.4 Å². The van der Waals surface area contributed by atoms with Gasteiger partial charge < -0.3 is 9.84 Å². The van der Waals surface area contributed by atoms with Gasteiger partial charge in [0, 0.05) is 0 Å². The highest BCUT2D eigenvalue weighted by atomic mass is 79.9. The molecule has 0 atom stereocenters. The van der Waals surface area contributed by atoms with Crippen LogP contribution in [0.1, 0.15) is 5.56 Å². The molecule has 0 unspecified atom stereocenters. The van der Waals surface area contributed by atoms with Gasteiger partial charge in [0.2, 0.25) is 0 Å². The van der Waals surface area contributed by atoms with Crippen LogP contribution < -0.4 is 10.2 Å². The molecule has 2 N–H and O–H groups in total. The molecule has 128 valence electrons. The fourth-order valence-corrected chi connectivity index (χ4v) is 2.67. The minimum absolute atomic E-state index is 0.000443. The fourth-order valence-electron chi connectivity index (χ4n) is 2.21. The third kappa shape index (κ3) is 3.77. The molecule has 0 aliphatic rings. The normalized spacial score (nSPS) is 11.1. The summed E-state index contributed by atoms with van der Waals surface area (Å²) < 4.78 is 7.02. The number of nitrogens with zero attached hydrogens (tertiary/aromatic N) is 4. The van der Waals surface area contributed by atoms with Crippen LogP contribution in [0.4, 0.5) is 0 Å². The number of carbonyl (C=O) groups is 1. The van der Waals surface area contributed by atoms with Gasteiger partial charge in [-0.15, -0.1) is 5.10 Å². The highest BCUT2D eigenvalue weighted by Gasteiger charge is 2.09. The number of methoxy groups -OCH3 is 1. The van der Waals surface area contributed by atoms with Crippen LogP contribution in [0.25, 0.3) is 11.0 Å². The van der Waals surface area contributed by atoms with Crippen LogP contribution in [0.3, 0.4) is 0 Å². The molecule has 2 aromatic carbocycles. The molecule has 0 saturated heterocycles. The highest BCUT2D eigenvalue weighted by molar-refractivity contribution is 9.10. The number of hydrogen-bond donors (Lipinski definition) is 2. The zero-order valence-electron chi connectivity index (χ0n) is 13.2. The average molecular weight is 404 g/mol. The van der Waals surface area contributed by atoms with Gasteiger partial charge in [0.25, 0.3) is 5.91 Å². The predicted octanol–water partition coefficient (Wildman–Crippen LogP) is 2.06. The van der Waals surface area contributed by atoms with E-state index in [-0.39, 0.29) is 18.2 Å². The number of phenols is 1. The van der Waals surface area contributed by atoms with E-state index < -0.39 is 0 Å². The Kier molecular flexibility index (Phi) is 4.94. The van der Waals surface area contributed by atoms with Gasteiger partial charge >= 0.3 is 0 Å². The van der Waals surface area contributed by atoms with E-state index in [0.717, 1.165) is 11.0 Å². The molecule has 8 nitrogen and oxygen atoms in total. The van der Waals surface area contributed by atoms with Crippen molar-refractivity contribution < 1.29 is 14.6 Å². The molecule has 9 heteroatoms. The number of aromatic nitrogens is 3. The molecule has 0 radical (unpaired) electrons. The van der Waals surface area contributed by atoms with Gasteiger partial charge in [-0.25, -0.2) is 10.1 Å². The number of halogens is 1. The summed E-state index contributed by atoms with van der Waals surface area (Å²) >= 11 is 3.22. The summed E-state index contributed by atoms with van der Waals surface area (Å²) in [6.07, 6.45) is 1.45. The van der Waals surface area contributed by atoms with Crippen molar-refractivity contribution in [1.82, 2.24) is 20.4 Å². The Bertz CT molecular complexity index is 954. The Morgan fingerprint density at radius 3 is 3.04 bits per heavy atom. The van der Waals surface area contributed by atoms with Gasteiger partial charge in [0.05, 0.1) is 23.3 Å². The lowest BCUT2D eigenvalue weighted by atomic mass is 10.2. The minimum Gasteiger partial charge on any atom is -0.503 e. The Hall–Kier alpha value is -2.94. The van der Waals surface area contributed by atoms with E-state index in [4.69, 9.17) is 4.74 Å². The first-order chi connectivity index (χ1) is 12.1. The van der Waals surface area contributed by atoms with Gasteiger partial charge in [-0.3, -0.25) is 4.79 Å². The van der Waals surface area contributed by atoms with Crippen LogP contribution in [0.2, 0.25) is 0 Å². The van der Waals surface area contributed by atoms with Crippen molar-refractivity contribution >= 4 is 39.1 Å². The summed E-state index contributed by atoms with van der Waals surface area (Å²) in [6.45, 7) is 0.000443. The maximum absolute atomic E-state index is 12.0. The van der Waals surface area contributed by atoms with Crippen LogP contribution in [0.5, 0.6) is 11.5 Å². The SMILES string of the molecule is COc1cc(C=NNC(=O)Cn2nnc3ccccc32)cc(Br)c1O. The molecule has 0 spiro atoms. The number of rotatable bonds is 5. The Morgan fingerprint density at radius 1 is 1.44 bits per heavy atom. The highest BCUT2D eigenvalue weighted by Crippen LogP contribution is 2.34. The molecular weight excluding hydrogens is 390 g/mol. The number of para-hydroxylation sites is 1. The monoisotopic (exact) mass is 403 g/mol. The number of carbonyl (C=O) groups excluding carboxylic acids is 1. The summed E-state index contributed by atoms with van der Waals surface area (Å²) in [5.74, 6) is -0.0327. The topological polar surface area (TPSA) is 102 Å². The second-order valence-corrected chi connectivity index (χ2v) is 5.94. The van der Waals surface area contributed by atoms with Crippen molar-refractivity contribution in [2.75, 3.05) is 7.11 Å². The molecule has 0 aliphatic heterocycles. The average Bonchev–Trinajstić information content (AvgIpc) is 3.01. The van der Waals surface area contributed by atoms with E-state index in [1.54, 1.807) is 12.1 Å². The van der Waals surface area contributed by atoms with E-state index in [1.165, 1.54) is 18.0 Å². The van der Waals surface area contributed by atoms with Gasteiger partial charge in [-0.05, 0) is 45.8 Å². The number of amides is 1. The molecule has 1 amide bonds. The number of hydrazone groups is 1. The van der Waals surface area contributed by atoms with Gasteiger partial charge in [0.1, 0.15) is 12.1 Å². The molecule has 1 aromatic heterocycles. The van der Waals surface area contributed by atoms with Crippen LogP contribution in [0, 0.1) is 0 Å². The van der Waals surface area contributed by atoms with Gasteiger partial charge in [0.15, 0.2) is 11.5 Å². The fraction of sp³-hybridized carbons (Fsp3) is 0.125. The van der Waals surface area contributed by atoms with E-state index in [9.17, 15) is 9.90 Å². The largest absolute Gasteiger partial charge is 0.503 e. The zero-order valence-corrected chi connectivity index (χ0v) is 14.8. The van der Waals surface area contributed by atoms with E-state index in [1.807, 2.05) is 24.3 Å². The van der Waals surface area contributed by atoms with E-state index in [2.05, 4.69) is 36.8 Å². The van der Waals surface area contributed by atoms with E-state index >= 15 is 0 Å². The lowest BCUT2D eigenvalue weighted by molar-refractivity contribution is -0.121. The molecule has 0 aliphatic carbocycles. The number of nitrogens with one attached hydrogen (secondary N) is 1. The summed E-state index contributed by atoms with van der Waals surface area (Å²) in [7, 11) is 1.45. The Morgan fingerprint density at radius 2 is 2.24 bits per heavy atom. The number of hydrogen-bond acceptors (Lipinski definition) is 6. The number of aromatic hydroxyl groups is 1. The van der Waals surface area contributed by atoms with Crippen molar-refractivity contribution in [3.63, 3.8) is 0 Å². The summed E-state index contributed by atoms with van der Waals surface area (Å²) in [6, 6.07) is 10.6. The maximum Gasteiger partial charge on any atom is 0.261 e. The Balaban J connectivity index is 1.66. The number of benzene rings is 2. The second kappa shape index (κ2) is 7.31. The third-order valence-corrected chi connectivity index (χ3v) is 3.99. The summed E-state index contributed by atoms with van der Waals surface area (Å²) in [5.41, 5.74) is 4.57. The number of ether oxygens (including phenoxy) is 1.